The molecule has 0 atom stereocenters. The highest BCUT2D eigenvalue weighted by Crippen LogP contribution is 2.13. The number of ether oxygens (including phenoxy) is 2. The number of rotatable bonds is 11. The first-order valence-electron chi connectivity index (χ1n) is 8.89. The Hall–Kier alpha value is -1.02. The molecule has 0 fully saturated rings. The number of aliphatic imine (C=N–C) groups is 1. The molecule has 1 aromatic rings. The average molecular weight is 463 g/mol. The lowest BCUT2D eigenvalue weighted by Crippen LogP contribution is -2.37. The van der Waals surface area contributed by atoms with Crippen LogP contribution in [0.15, 0.2) is 29.3 Å². The summed E-state index contributed by atoms with van der Waals surface area (Å²) in [5, 5.41) is 6.63. The molecule has 5 nitrogen and oxygen atoms in total. The maximum Gasteiger partial charge on any atom is 0.191 e. The van der Waals surface area contributed by atoms with E-state index in [0.717, 1.165) is 50.9 Å². The highest BCUT2D eigenvalue weighted by Gasteiger charge is 2.00. The van der Waals surface area contributed by atoms with Crippen molar-refractivity contribution in [2.45, 2.75) is 40.2 Å². The van der Waals surface area contributed by atoms with E-state index in [9.17, 15) is 0 Å². The monoisotopic (exact) mass is 463 g/mol. The fourth-order valence-corrected chi connectivity index (χ4v) is 2.07. The first kappa shape index (κ1) is 24.0. The van der Waals surface area contributed by atoms with Crippen molar-refractivity contribution in [3.05, 3.63) is 29.8 Å². The van der Waals surface area contributed by atoms with Gasteiger partial charge in [-0.1, -0.05) is 32.9 Å². The van der Waals surface area contributed by atoms with Crippen LogP contribution in [-0.4, -0.2) is 39.4 Å². The predicted octanol–water partition coefficient (Wildman–Crippen LogP) is 3.82. The van der Waals surface area contributed by atoms with E-state index in [1.54, 1.807) is 7.05 Å². The molecule has 0 aliphatic carbocycles. The number of nitrogens with zero attached hydrogens (tertiary/aromatic N) is 1. The first-order chi connectivity index (χ1) is 11.7. The van der Waals surface area contributed by atoms with E-state index in [1.165, 1.54) is 5.56 Å². The van der Waals surface area contributed by atoms with Crippen LogP contribution in [0.5, 0.6) is 5.75 Å². The Bertz CT molecular complexity index is 481. The number of hydrogen-bond acceptors (Lipinski definition) is 3. The van der Waals surface area contributed by atoms with Crippen LogP contribution < -0.4 is 15.4 Å². The van der Waals surface area contributed by atoms with Crippen molar-refractivity contribution in [3.63, 3.8) is 0 Å². The van der Waals surface area contributed by atoms with Crippen molar-refractivity contribution < 1.29 is 9.47 Å². The van der Waals surface area contributed by atoms with Crippen LogP contribution in [0.2, 0.25) is 0 Å². The highest BCUT2D eigenvalue weighted by molar-refractivity contribution is 14.0. The Balaban J connectivity index is 0.00000576. The Morgan fingerprint density at radius 3 is 2.68 bits per heavy atom. The molecule has 0 amide bonds. The van der Waals surface area contributed by atoms with Gasteiger partial charge < -0.3 is 20.1 Å². The molecule has 1 rings (SSSR count). The van der Waals surface area contributed by atoms with Crippen LogP contribution in [0.25, 0.3) is 0 Å². The quantitative estimate of drug-likeness (QED) is 0.227. The zero-order chi connectivity index (χ0) is 17.6. The Labute approximate surface area is 170 Å². The maximum atomic E-state index is 5.66. The lowest BCUT2D eigenvalue weighted by molar-refractivity contribution is 0.108. The van der Waals surface area contributed by atoms with Gasteiger partial charge in [0.05, 0.1) is 6.61 Å². The average Bonchev–Trinajstić information content (AvgIpc) is 2.58. The van der Waals surface area contributed by atoms with E-state index < -0.39 is 0 Å². The van der Waals surface area contributed by atoms with Crippen LogP contribution in [0, 0.1) is 5.92 Å². The second-order valence-electron chi connectivity index (χ2n) is 6.17. The smallest absolute Gasteiger partial charge is 0.191 e. The highest BCUT2D eigenvalue weighted by atomic mass is 127. The van der Waals surface area contributed by atoms with E-state index in [0.29, 0.717) is 12.5 Å². The van der Waals surface area contributed by atoms with Crippen LogP contribution in [0.4, 0.5) is 0 Å². The van der Waals surface area contributed by atoms with Crippen molar-refractivity contribution in [2.75, 3.05) is 33.4 Å². The van der Waals surface area contributed by atoms with E-state index >= 15 is 0 Å². The number of halogens is 1. The molecule has 0 aromatic heterocycles. The molecule has 0 bridgehead atoms. The molecular weight excluding hydrogens is 429 g/mol. The van der Waals surface area contributed by atoms with Crippen molar-refractivity contribution >= 4 is 29.9 Å². The minimum absolute atomic E-state index is 0. The van der Waals surface area contributed by atoms with Crippen molar-refractivity contribution in [1.29, 1.82) is 0 Å². The third-order valence-corrected chi connectivity index (χ3v) is 3.26. The molecule has 0 aliphatic heterocycles. The van der Waals surface area contributed by atoms with Gasteiger partial charge in [0.2, 0.25) is 0 Å². The first-order valence-corrected chi connectivity index (χ1v) is 8.89. The normalized spacial score (nSPS) is 11.2. The molecule has 144 valence electrons. The molecule has 0 heterocycles. The fourth-order valence-electron chi connectivity index (χ4n) is 2.07. The Morgan fingerprint density at radius 2 is 2.00 bits per heavy atom. The van der Waals surface area contributed by atoms with Crippen LogP contribution in [0.1, 0.15) is 39.2 Å². The second-order valence-corrected chi connectivity index (χ2v) is 6.17. The molecule has 0 saturated heterocycles. The summed E-state index contributed by atoms with van der Waals surface area (Å²) < 4.78 is 11.2. The van der Waals surface area contributed by atoms with Gasteiger partial charge in [-0.15, -0.1) is 24.0 Å². The largest absolute Gasteiger partial charge is 0.494 e. The van der Waals surface area contributed by atoms with E-state index in [2.05, 4.69) is 48.5 Å². The Morgan fingerprint density at radius 1 is 1.20 bits per heavy atom. The van der Waals surface area contributed by atoms with Crippen LogP contribution >= 0.6 is 24.0 Å². The molecule has 0 spiro atoms. The third-order valence-electron chi connectivity index (χ3n) is 3.26. The predicted molar refractivity (Wildman–Crippen MR) is 116 cm³/mol. The van der Waals surface area contributed by atoms with E-state index in [1.807, 2.05) is 12.1 Å². The van der Waals surface area contributed by atoms with Gasteiger partial charge >= 0.3 is 0 Å². The van der Waals surface area contributed by atoms with Gasteiger partial charge in [-0.05, 0) is 36.5 Å². The zero-order valence-corrected chi connectivity index (χ0v) is 18.3. The number of nitrogens with one attached hydrogen (secondary N) is 2. The van der Waals surface area contributed by atoms with Crippen molar-refractivity contribution in [3.8, 4) is 5.75 Å². The van der Waals surface area contributed by atoms with Gasteiger partial charge in [0.25, 0.3) is 0 Å². The van der Waals surface area contributed by atoms with Crippen LogP contribution in [-0.2, 0) is 11.3 Å². The number of benzene rings is 1. The van der Waals surface area contributed by atoms with Gasteiger partial charge in [0.15, 0.2) is 5.96 Å². The summed E-state index contributed by atoms with van der Waals surface area (Å²) in [5.41, 5.74) is 1.17. The summed E-state index contributed by atoms with van der Waals surface area (Å²) >= 11 is 0. The molecule has 0 radical (unpaired) electrons. The standard InChI is InChI=1S/C19H33N3O2.HI/c1-5-11-24-18-9-6-8-17(13-18)14-22-19(20-4)21-10-7-12-23-15-16(2)3;/h6,8-9,13,16H,5,7,10-12,14-15H2,1-4H3,(H2,20,21,22);1H. The second kappa shape index (κ2) is 15.3. The number of hydrogen-bond donors (Lipinski definition) is 2. The van der Waals surface area contributed by atoms with Crippen molar-refractivity contribution in [2.24, 2.45) is 10.9 Å². The Kier molecular flexibility index (Phi) is 14.6. The lowest BCUT2D eigenvalue weighted by atomic mass is 10.2. The molecule has 0 saturated carbocycles. The molecule has 6 heteroatoms. The van der Waals surface area contributed by atoms with Gasteiger partial charge in [-0.25, -0.2) is 0 Å². The fraction of sp³-hybridized carbons (Fsp3) is 0.632. The maximum absolute atomic E-state index is 5.66. The minimum Gasteiger partial charge on any atom is -0.494 e. The topological polar surface area (TPSA) is 54.9 Å². The lowest BCUT2D eigenvalue weighted by Gasteiger charge is -2.13. The zero-order valence-electron chi connectivity index (χ0n) is 16.0. The molecule has 1 aromatic carbocycles. The molecule has 25 heavy (non-hydrogen) atoms. The van der Waals surface area contributed by atoms with Gasteiger partial charge in [0, 0.05) is 33.4 Å². The molecule has 2 N–H and O–H groups in total. The van der Waals surface area contributed by atoms with E-state index in [4.69, 9.17) is 9.47 Å². The van der Waals surface area contributed by atoms with Crippen LogP contribution in [0.3, 0.4) is 0 Å². The minimum atomic E-state index is 0. The number of guanidine groups is 1. The van der Waals surface area contributed by atoms with Gasteiger partial charge in [-0.2, -0.15) is 0 Å². The van der Waals surface area contributed by atoms with Gasteiger partial charge in [-0.3, -0.25) is 4.99 Å². The van der Waals surface area contributed by atoms with Crippen molar-refractivity contribution in [1.82, 2.24) is 10.6 Å². The summed E-state index contributed by atoms with van der Waals surface area (Å²) in [6.45, 7) is 10.3. The third kappa shape index (κ3) is 12.0. The molecule has 0 aliphatic rings. The van der Waals surface area contributed by atoms with Gasteiger partial charge in [0.1, 0.15) is 5.75 Å². The summed E-state index contributed by atoms with van der Waals surface area (Å²) in [6.07, 6.45) is 1.98. The van der Waals surface area contributed by atoms with E-state index in [-0.39, 0.29) is 24.0 Å². The summed E-state index contributed by atoms with van der Waals surface area (Å²) in [5.74, 6) is 2.31. The SMILES string of the molecule is CCCOc1cccc(CNC(=NC)NCCCOCC(C)C)c1.I. The summed E-state index contributed by atoms with van der Waals surface area (Å²) in [6, 6.07) is 8.15. The summed E-state index contributed by atoms with van der Waals surface area (Å²) in [7, 11) is 1.78. The molecule has 0 unspecified atom stereocenters. The molecular formula is C19H34IN3O2. The summed E-state index contributed by atoms with van der Waals surface area (Å²) in [4.78, 5) is 4.24.